The summed E-state index contributed by atoms with van der Waals surface area (Å²) in [4.78, 5) is 22.1. The van der Waals surface area contributed by atoms with Crippen LogP contribution in [0, 0.1) is 5.92 Å². The van der Waals surface area contributed by atoms with Crippen LogP contribution in [0.2, 0.25) is 0 Å². The molecule has 0 saturated carbocycles. The molecule has 1 atom stereocenters. The maximum Gasteiger partial charge on any atom is 0.397 e. The number of carboxylic acids is 1. The zero-order valence-electron chi connectivity index (χ0n) is 8.34. The van der Waals surface area contributed by atoms with Crippen molar-refractivity contribution in [1.29, 1.82) is 0 Å². The lowest BCUT2D eigenvalue weighted by Gasteiger charge is -2.20. The lowest BCUT2D eigenvalue weighted by molar-refractivity contribution is -0.161. The first kappa shape index (κ1) is 13.7. The highest BCUT2D eigenvalue weighted by molar-refractivity contribution is 5.77. The third-order valence-electron chi connectivity index (χ3n) is 1.75. The van der Waals surface area contributed by atoms with Crippen molar-refractivity contribution in [3.8, 4) is 0 Å². The van der Waals surface area contributed by atoms with Crippen molar-refractivity contribution >= 4 is 11.9 Å². The van der Waals surface area contributed by atoms with E-state index in [1.165, 1.54) is 6.92 Å². The quantitative estimate of drug-likeness (QED) is 0.782. The number of alkyl halides is 3. The third kappa shape index (κ3) is 5.92. The van der Waals surface area contributed by atoms with Gasteiger partial charge in [-0.2, -0.15) is 13.2 Å². The summed E-state index contributed by atoms with van der Waals surface area (Å²) in [7, 11) is 1.15. The Morgan fingerprint density at radius 1 is 1.40 bits per heavy atom. The minimum absolute atomic E-state index is 0.232. The van der Waals surface area contributed by atoms with Gasteiger partial charge in [-0.15, -0.1) is 0 Å². The average molecular weight is 227 g/mol. The van der Waals surface area contributed by atoms with Gasteiger partial charge in [0.1, 0.15) is 6.42 Å². The summed E-state index contributed by atoms with van der Waals surface area (Å²) in [6.45, 7) is 1.09. The molecular formula is C8H12F3NO3. The van der Waals surface area contributed by atoms with Gasteiger partial charge in [-0.25, -0.2) is 0 Å². The van der Waals surface area contributed by atoms with E-state index in [1.54, 1.807) is 0 Å². The van der Waals surface area contributed by atoms with Gasteiger partial charge in [-0.05, 0) is 0 Å². The van der Waals surface area contributed by atoms with Crippen LogP contribution >= 0.6 is 0 Å². The minimum Gasteiger partial charge on any atom is -0.481 e. The first-order chi connectivity index (χ1) is 6.63. The van der Waals surface area contributed by atoms with Crippen LogP contribution < -0.4 is 0 Å². The maximum atomic E-state index is 11.8. The number of halogens is 3. The van der Waals surface area contributed by atoms with E-state index in [4.69, 9.17) is 5.11 Å². The zero-order chi connectivity index (χ0) is 12.2. The number of rotatable bonds is 4. The van der Waals surface area contributed by atoms with Gasteiger partial charge in [0, 0.05) is 13.6 Å². The molecule has 1 amide bonds. The molecule has 0 spiro atoms. The van der Waals surface area contributed by atoms with E-state index < -0.39 is 30.4 Å². The van der Waals surface area contributed by atoms with Crippen LogP contribution in [0.25, 0.3) is 0 Å². The Morgan fingerprint density at radius 3 is 2.20 bits per heavy atom. The van der Waals surface area contributed by atoms with E-state index in [9.17, 15) is 22.8 Å². The minimum atomic E-state index is -4.56. The molecule has 0 bridgehead atoms. The van der Waals surface area contributed by atoms with Crippen molar-refractivity contribution in [3.05, 3.63) is 0 Å². The van der Waals surface area contributed by atoms with Gasteiger partial charge >= 0.3 is 12.1 Å². The first-order valence-electron chi connectivity index (χ1n) is 4.17. The Morgan fingerprint density at radius 2 is 1.87 bits per heavy atom. The number of carbonyl (C=O) groups is 2. The van der Waals surface area contributed by atoms with Gasteiger partial charge in [-0.1, -0.05) is 6.92 Å². The highest BCUT2D eigenvalue weighted by Gasteiger charge is 2.33. The Balaban J connectivity index is 4.17. The van der Waals surface area contributed by atoms with Gasteiger partial charge in [0.05, 0.1) is 5.92 Å². The van der Waals surface area contributed by atoms with Gasteiger partial charge in [-0.3, -0.25) is 9.59 Å². The van der Waals surface area contributed by atoms with Gasteiger partial charge in [0.2, 0.25) is 5.91 Å². The first-order valence-corrected chi connectivity index (χ1v) is 4.17. The summed E-state index contributed by atoms with van der Waals surface area (Å²) in [5.74, 6) is -3.16. The van der Waals surface area contributed by atoms with Gasteiger partial charge in [0.15, 0.2) is 0 Å². The van der Waals surface area contributed by atoms with Crippen molar-refractivity contribution in [1.82, 2.24) is 4.90 Å². The highest BCUT2D eigenvalue weighted by Crippen LogP contribution is 2.20. The van der Waals surface area contributed by atoms with E-state index in [-0.39, 0.29) is 6.54 Å². The Hall–Kier alpha value is -1.27. The van der Waals surface area contributed by atoms with Crippen molar-refractivity contribution in [2.24, 2.45) is 5.92 Å². The third-order valence-corrected chi connectivity index (χ3v) is 1.75. The molecule has 0 aliphatic carbocycles. The zero-order valence-corrected chi connectivity index (χ0v) is 8.34. The summed E-state index contributed by atoms with van der Waals surface area (Å²) in [5.41, 5.74) is 0. The number of hydrogen-bond acceptors (Lipinski definition) is 2. The molecule has 0 heterocycles. The summed E-state index contributed by atoms with van der Waals surface area (Å²) in [6.07, 6.45) is -6.12. The molecule has 0 fully saturated rings. The Labute approximate surface area is 84.7 Å². The molecule has 0 radical (unpaired) electrons. The topological polar surface area (TPSA) is 57.6 Å². The second-order valence-electron chi connectivity index (χ2n) is 3.31. The smallest absolute Gasteiger partial charge is 0.397 e. The fraction of sp³-hybridized carbons (Fsp3) is 0.750. The van der Waals surface area contributed by atoms with Gasteiger partial charge in [0.25, 0.3) is 0 Å². The highest BCUT2D eigenvalue weighted by atomic mass is 19.4. The maximum absolute atomic E-state index is 11.8. The van der Waals surface area contributed by atoms with E-state index in [2.05, 4.69) is 0 Å². The normalized spacial score (nSPS) is 13.4. The molecule has 0 aromatic carbocycles. The molecule has 0 aromatic heterocycles. The standard InChI is InChI=1S/C8H12F3NO3/c1-5(7(14)15)4-12(2)6(13)3-8(9,10)11/h5H,3-4H2,1-2H3,(H,14,15). The van der Waals surface area contributed by atoms with Crippen molar-refractivity contribution in [3.63, 3.8) is 0 Å². The summed E-state index contributed by atoms with van der Waals surface area (Å²) in [5, 5.41) is 8.49. The van der Waals surface area contributed by atoms with E-state index in [0.29, 0.717) is 0 Å². The molecule has 15 heavy (non-hydrogen) atoms. The van der Waals surface area contributed by atoms with Crippen LogP contribution in [0.15, 0.2) is 0 Å². The fourth-order valence-corrected chi connectivity index (χ4v) is 0.897. The summed E-state index contributed by atoms with van der Waals surface area (Å²) >= 11 is 0. The predicted molar refractivity (Wildman–Crippen MR) is 45.1 cm³/mol. The van der Waals surface area contributed by atoms with Crippen molar-refractivity contribution in [2.75, 3.05) is 13.6 Å². The van der Waals surface area contributed by atoms with E-state index in [0.717, 1.165) is 11.9 Å². The monoisotopic (exact) mass is 227 g/mol. The molecule has 1 N–H and O–H groups in total. The lowest BCUT2D eigenvalue weighted by atomic mass is 10.1. The summed E-state index contributed by atoms with van der Waals surface area (Å²) in [6, 6.07) is 0. The average Bonchev–Trinajstić information content (AvgIpc) is 2.00. The number of aliphatic carboxylic acids is 1. The molecule has 0 rings (SSSR count). The second kappa shape index (κ2) is 4.99. The number of hydrogen-bond donors (Lipinski definition) is 1. The molecule has 0 aliphatic heterocycles. The Kier molecular flexibility index (Phi) is 4.57. The SMILES string of the molecule is CC(CN(C)C(=O)CC(F)(F)F)C(=O)O. The van der Waals surface area contributed by atoms with Crippen molar-refractivity contribution < 1.29 is 27.9 Å². The molecule has 1 unspecified atom stereocenters. The molecule has 0 saturated heterocycles. The number of nitrogens with zero attached hydrogens (tertiary/aromatic N) is 1. The molecule has 88 valence electrons. The van der Waals surface area contributed by atoms with Crippen LogP contribution in [-0.2, 0) is 9.59 Å². The second-order valence-corrected chi connectivity index (χ2v) is 3.31. The van der Waals surface area contributed by atoms with Crippen LogP contribution in [-0.4, -0.2) is 41.7 Å². The number of amides is 1. The van der Waals surface area contributed by atoms with E-state index >= 15 is 0 Å². The van der Waals surface area contributed by atoms with Crippen molar-refractivity contribution in [2.45, 2.75) is 19.5 Å². The lowest BCUT2D eigenvalue weighted by Crippen LogP contribution is -2.36. The van der Waals surface area contributed by atoms with Crippen LogP contribution in [0.4, 0.5) is 13.2 Å². The molecule has 0 aliphatic rings. The number of carboxylic acid groups (broad SMARTS) is 1. The number of carbonyl (C=O) groups excluding carboxylic acids is 1. The Bertz CT molecular complexity index is 252. The summed E-state index contributed by atoms with van der Waals surface area (Å²) < 4.78 is 35.4. The molecule has 7 heteroatoms. The van der Waals surface area contributed by atoms with Crippen LogP contribution in [0.1, 0.15) is 13.3 Å². The van der Waals surface area contributed by atoms with Gasteiger partial charge < -0.3 is 10.0 Å². The molecule has 0 aromatic rings. The fourth-order valence-electron chi connectivity index (χ4n) is 0.897. The molecule has 4 nitrogen and oxygen atoms in total. The van der Waals surface area contributed by atoms with Crippen LogP contribution in [0.5, 0.6) is 0 Å². The van der Waals surface area contributed by atoms with E-state index in [1.807, 2.05) is 0 Å². The largest absolute Gasteiger partial charge is 0.481 e. The van der Waals surface area contributed by atoms with Crippen LogP contribution in [0.3, 0.4) is 0 Å². The molecular weight excluding hydrogens is 215 g/mol. The predicted octanol–water partition coefficient (Wildman–Crippen LogP) is 1.12.